The van der Waals surface area contributed by atoms with E-state index in [0.717, 1.165) is 16.1 Å². The zero-order valence-corrected chi connectivity index (χ0v) is 11.0. The van der Waals surface area contributed by atoms with Crippen molar-refractivity contribution < 1.29 is 4.79 Å². The van der Waals surface area contributed by atoms with Crippen molar-refractivity contribution in [1.82, 2.24) is 0 Å². The molecule has 2 aromatic rings. The molecule has 0 spiro atoms. The van der Waals surface area contributed by atoms with Crippen molar-refractivity contribution in [2.45, 2.75) is 9.79 Å². The molecular weight excluding hydrogens is 275 g/mol. The van der Waals surface area contributed by atoms with E-state index in [1.54, 1.807) is 12.1 Å². The van der Waals surface area contributed by atoms with Gasteiger partial charge in [0.1, 0.15) is 6.29 Å². The molecule has 86 valence electrons. The fourth-order valence-corrected chi connectivity index (χ4v) is 2.72. The maximum Gasteiger partial charge on any atom is 0.150 e. The molecule has 2 rings (SSSR count). The lowest BCUT2D eigenvalue weighted by Gasteiger charge is -2.06. The van der Waals surface area contributed by atoms with Gasteiger partial charge in [0.15, 0.2) is 0 Å². The maximum absolute atomic E-state index is 10.6. The highest BCUT2D eigenvalue weighted by atomic mass is 35.5. The van der Waals surface area contributed by atoms with Crippen LogP contribution in [0.4, 0.5) is 0 Å². The van der Waals surface area contributed by atoms with Crippen molar-refractivity contribution in [1.29, 1.82) is 0 Å². The van der Waals surface area contributed by atoms with Gasteiger partial charge in [-0.25, -0.2) is 0 Å². The van der Waals surface area contributed by atoms with Gasteiger partial charge in [0.2, 0.25) is 0 Å². The molecule has 0 aliphatic heterocycles. The second-order valence-electron chi connectivity index (χ2n) is 3.34. The van der Waals surface area contributed by atoms with Gasteiger partial charge in [0.05, 0.1) is 10.0 Å². The quantitative estimate of drug-likeness (QED) is 0.741. The van der Waals surface area contributed by atoms with Gasteiger partial charge < -0.3 is 0 Å². The number of hydrogen-bond donors (Lipinski definition) is 0. The second kappa shape index (κ2) is 5.58. The van der Waals surface area contributed by atoms with Crippen molar-refractivity contribution in [2.24, 2.45) is 0 Å². The summed E-state index contributed by atoms with van der Waals surface area (Å²) < 4.78 is 0. The van der Waals surface area contributed by atoms with E-state index in [9.17, 15) is 4.79 Å². The number of carbonyl (C=O) groups excluding carboxylic acids is 1. The van der Waals surface area contributed by atoms with Crippen molar-refractivity contribution >= 4 is 41.2 Å². The van der Waals surface area contributed by atoms with Gasteiger partial charge >= 0.3 is 0 Å². The molecule has 0 unspecified atom stereocenters. The number of benzene rings is 2. The maximum atomic E-state index is 10.6. The lowest BCUT2D eigenvalue weighted by atomic mass is 10.2. The molecule has 0 amide bonds. The predicted octanol–water partition coefficient (Wildman–Crippen LogP) is 4.96. The molecule has 0 radical (unpaired) electrons. The van der Waals surface area contributed by atoms with Gasteiger partial charge in [-0.2, -0.15) is 0 Å². The minimum Gasteiger partial charge on any atom is -0.298 e. The Morgan fingerprint density at radius 2 is 1.65 bits per heavy atom. The van der Waals surface area contributed by atoms with Gasteiger partial charge in [0.25, 0.3) is 0 Å². The summed E-state index contributed by atoms with van der Waals surface area (Å²) in [6.45, 7) is 0. The Hall–Kier alpha value is -0.960. The molecular formula is C13H8Cl2OS. The topological polar surface area (TPSA) is 17.1 Å². The van der Waals surface area contributed by atoms with Crippen LogP contribution in [0.2, 0.25) is 10.0 Å². The summed E-state index contributed by atoms with van der Waals surface area (Å²) in [7, 11) is 0. The highest BCUT2D eigenvalue weighted by molar-refractivity contribution is 7.99. The molecule has 17 heavy (non-hydrogen) atoms. The number of carbonyl (C=O) groups is 1. The highest BCUT2D eigenvalue weighted by Gasteiger charge is 2.06. The summed E-state index contributed by atoms with van der Waals surface area (Å²) in [5.41, 5.74) is 0.568. The average molecular weight is 283 g/mol. The molecule has 0 aliphatic rings. The minimum absolute atomic E-state index is 0.555. The molecule has 0 bridgehead atoms. The smallest absolute Gasteiger partial charge is 0.150 e. The molecule has 1 nitrogen and oxygen atoms in total. The first kappa shape index (κ1) is 12.5. The van der Waals surface area contributed by atoms with Crippen LogP contribution in [0, 0.1) is 0 Å². The largest absolute Gasteiger partial charge is 0.298 e. The van der Waals surface area contributed by atoms with E-state index in [-0.39, 0.29) is 0 Å². The van der Waals surface area contributed by atoms with E-state index < -0.39 is 0 Å². The van der Waals surface area contributed by atoms with Crippen LogP contribution in [0.15, 0.2) is 52.3 Å². The Kier molecular flexibility index (Phi) is 4.11. The molecule has 0 saturated heterocycles. The van der Waals surface area contributed by atoms with E-state index >= 15 is 0 Å². The third kappa shape index (κ3) is 3.03. The molecule has 0 saturated carbocycles. The summed E-state index contributed by atoms with van der Waals surface area (Å²) >= 11 is 13.6. The van der Waals surface area contributed by atoms with Crippen LogP contribution in [0.25, 0.3) is 0 Å². The monoisotopic (exact) mass is 282 g/mol. The van der Waals surface area contributed by atoms with E-state index in [1.807, 2.05) is 30.3 Å². The summed E-state index contributed by atoms with van der Waals surface area (Å²) in [5.74, 6) is 0. The Bertz CT molecular complexity index is 555. The zero-order valence-electron chi connectivity index (χ0n) is 8.69. The molecule has 0 aromatic heterocycles. The van der Waals surface area contributed by atoms with E-state index in [1.165, 1.54) is 11.8 Å². The first-order valence-electron chi connectivity index (χ1n) is 4.88. The van der Waals surface area contributed by atoms with Crippen molar-refractivity contribution in [3.8, 4) is 0 Å². The summed E-state index contributed by atoms with van der Waals surface area (Å²) in [6.07, 6.45) is 0.774. The van der Waals surface area contributed by atoms with Crippen molar-refractivity contribution in [3.63, 3.8) is 0 Å². The van der Waals surface area contributed by atoms with Gasteiger partial charge in [-0.15, -0.1) is 0 Å². The van der Waals surface area contributed by atoms with Crippen LogP contribution in [-0.2, 0) is 0 Å². The summed E-state index contributed by atoms with van der Waals surface area (Å²) in [5, 5.41) is 1.24. The van der Waals surface area contributed by atoms with Crippen LogP contribution >= 0.6 is 35.0 Å². The third-order valence-corrected chi connectivity index (χ3v) is 4.17. The summed E-state index contributed by atoms with van der Waals surface area (Å²) in [4.78, 5) is 12.4. The fraction of sp³-hybridized carbons (Fsp3) is 0. The van der Waals surface area contributed by atoms with Gasteiger partial charge in [-0.3, -0.25) is 4.79 Å². The minimum atomic E-state index is 0.555. The normalized spacial score (nSPS) is 10.2. The number of rotatable bonds is 3. The summed E-state index contributed by atoms with van der Waals surface area (Å²) in [6, 6.07) is 12.8. The highest BCUT2D eigenvalue weighted by Crippen LogP contribution is 2.36. The molecule has 2 aromatic carbocycles. The number of halogens is 2. The third-order valence-electron chi connectivity index (χ3n) is 2.15. The molecule has 0 heterocycles. The van der Waals surface area contributed by atoms with Crippen LogP contribution in [0.1, 0.15) is 10.4 Å². The van der Waals surface area contributed by atoms with Gasteiger partial charge in [-0.05, 0) is 24.3 Å². The molecule has 0 fully saturated rings. The lowest BCUT2D eigenvalue weighted by molar-refractivity contribution is 0.112. The van der Waals surface area contributed by atoms with Crippen LogP contribution < -0.4 is 0 Å². The van der Waals surface area contributed by atoms with E-state index in [2.05, 4.69) is 0 Å². The first-order valence-corrected chi connectivity index (χ1v) is 6.45. The second-order valence-corrected chi connectivity index (χ2v) is 5.24. The van der Waals surface area contributed by atoms with Gasteiger partial charge in [-0.1, -0.05) is 53.2 Å². The lowest BCUT2D eigenvalue weighted by Crippen LogP contribution is -1.82. The fourth-order valence-electron chi connectivity index (χ4n) is 1.32. The van der Waals surface area contributed by atoms with Crippen LogP contribution in [0.5, 0.6) is 0 Å². The Morgan fingerprint density at radius 1 is 0.941 bits per heavy atom. The van der Waals surface area contributed by atoms with Crippen molar-refractivity contribution in [2.75, 3.05) is 0 Å². The molecule has 0 N–H and O–H groups in total. The Labute approximate surface area is 114 Å². The Balaban J connectivity index is 2.31. The van der Waals surface area contributed by atoms with Crippen LogP contribution in [0.3, 0.4) is 0 Å². The molecule has 0 aliphatic carbocycles. The number of hydrogen-bond acceptors (Lipinski definition) is 2. The SMILES string of the molecule is O=Cc1ccc(Sc2ccccc2Cl)c(Cl)c1. The van der Waals surface area contributed by atoms with E-state index in [0.29, 0.717) is 15.6 Å². The van der Waals surface area contributed by atoms with Crippen LogP contribution in [-0.4, -0.2) is 6.29 Å². The van der Waals surface area contributed by atoms with Crippen molar-refractivity contribution in [3.05, 3.63) is 58.1 Å². The first-order chi connectivity index (χ1) is 8.20. The predicted molar refractivity (Wildman–Crippen MR) is 72.4 cm³/mol. The Morgan fingerprint density at radius 3 is 2.29 bits per heavy atom. The molecule has 4 heteroatoms. The standard InChI is InChI=1S/C13H8Cl2OS/c14-10-3-1-2-4-12(10)17-13-6-5-9(8-16)7-11(13)15/h1-8H. The molecule has 0 atom stereocenters. The average Bonchev–Trinajstić information content (AvgIpc) is 2.34. The number of aldehydes is 1. The van der Waals surface area contributed by atoms with E-state index in [4.69, 9.17) is 23.2 Å². The van der Waals surface area contributed by atoms with Gasteiger partial charge in [0, 0.05) is 15.4 Å². The zero-order chi connectivity index (χ0) is 12.3.